The van der Waals surface area contributed by atoms with E-state index in [0.717, 1.165) is 48.2 Å². The highest BCUT2D eigenvalue weighted by Gasteiger charge is 2.75. The predicted molar refractivity (Wildman–Crippen MR) is 129 cm³/mol. The number of carbonyl (C=O) groups excluding carboxylic acids is 1. The quantitative estimate of drug-likeness (QED) is 0.297. The van der Waals surface area contributed by atoms with E-state index in [4.69, 9.17) is 4.74 Å². The van der Waals surface area contributed by atoms with Gasteiger partial charge in [-0.05, 0) is 35.3 Å². The van der Waals surface area contributed by atoms with E-state index in [0.29, 0.717) is 30.9 Å². The molecule has 5 heterocycles. The molecule has 2 aromatic rings. The number of fused-ring (bicyclic) bond motifs is 2. The number of amides is 1. The van der Waals surface area contributed by atoms with Crippen LogP contribution in [0.25, 0.3) is 0 Å². The Kier molecular flexibility index (Phi) is 3.80. The third kappa shape index (κ3) is 2.36. The third-order valence-corrected chi connectivity index (χ3v) is 10.4. The summed E-state index contributed by atoms with van der Waals surface area (Å²) in [7, 11) is 0. The summed E-state index contributed by atoms with van der Waals surface area (Å²) in [5.74, 6) is 1.03. The first-order chi connectivity index (χ1) is 17.0. The van der Waals surface area contributed by atoms with Crippen molar-refractivity contribution < 1.29 is 18.9 Å². The second-order valence-electron chi connectivity index (χ2n) is 11.5. The Bertz CT molecular complexity index is 1320. The maximum Gasteiger partial charge on any atom is 0.269 e. The van der Waals surface area contributed by atoms with E-state index in [2.05, 4.69) is 35.2 Å². The summed E-state index contributed by atoms with van der Waals surface area (Å²) < 4.78 is 7.36. The number of benzene rings is 2. The van der Waals surface area contributed by atoms with Gasteiger partial charge in [-0.2, -0.15) is 0 Å². The lowest BCUT2D eigenvalue weighted by atomic mass is 9.53. The van der Waals surface area contributed by atoms with Gasteiger partial charge in [0.15, 0.2) is 0 Å². The average molecular weight is 471 g/mol. The van der Waals surface area contributed by atoms with Crippen molar-refractivity contribution in [3.05, 3.63) is 81.4 Å². The Balaban J connectivity index is 1.31. The van der Waals surface area contributed by atoms with Crippen LogP contribution >= 0.6 is 0 Å². The molecule has 3 saturated heterocycles. The van der Waals surface area contributed by atoms with Gasteiger partial charge in [-0.1, -0.05) is 24.3 Å². The van der Waals surface area contributed by atoms with Crippen molar-refractivity contribution in [2.75, 3.05) is 24.6 Å². The minimum Gasteiger partial charge on any atom is -0.373 e. The molecule has 1 aliphatic carbocycles. The van der Waals surface area contributed by atoms with Crippen molar-refractivity contribution in [2.24, 2.45) is 11.8 Å². The Labute approximate surface area is 203 Å². The molecule has 35 heavy (non-hydrogen) atoms. The second-order valence-corrected chi connectivity index (χ2v) is 11.5. The van der Waals surface area contributed by atoms with Gasteiger partial charge in [0.05, 0.1) is 42.1 Å². The van der Waals surface area contributed by atoms with E-state index < -0.39 is 0 Å². The number of piperidine rings is 2. The first-order valence-corrected chi connectivity index (χ1v) is 12.8. The van der Waals surface area contributed by atoms with Crippen LogP contribution in [0, 0.1) is 22.0 Å². The van der Waals surface area contributed by atoms with Crippen molar-refractivity contribution >= 4 is 17.3 Å². The largest absolute Gasteiger partial charge is 0.373 e. The van der Waals surface area contributed by atoms with Crippen LogP contribution in [-0.4, -0.2) is 53.2 Å². The number of nitrogens with zero attached hydrogens (tertiary/aromatic N) is 3. The molecule has 6 aliphatic rings. The van der Waals surface area contributed by atoms with Crippen molar-refractivity contribution in [3.63, 3.8) is 0 Å². The summed E-state index contributed by atoms with van der Waals surface area (Å²) in [6.07, 6.45) is 5.01. The zero-order valence-corrected chi connectivity index (χ0v) is 19.5. The molecule has 2 bridgehead atoms. The van der Waals surface area contributed by atoms with E-state index >= 15 is 0 Å². The fraction of sp³-hybridized carbons (Fsp3) is 0.464. The normalized spacial score (nSPS) is 39.7. The van der Waals surface area contributed by atoms with Crippen molar-refractivity contribution in [2.45, 2.75) is 49.4 Å². The summed E-state index contributed by atoms with van der Waals surface area (Å²) in [5.41, 5.74) is 5.24. The van der Waals surface area contributed by atoms with Gasteiger partial charge in [0.25, 0.3) is 5.69 Å². The van der Waals surface area contributed by atoms with E-state index in [1.165, 1.54) is 11.1 Å². The molecule has 1 spiro atoms. The zero-order chi connectivity index (χ0) is 23.5. The number of hydrogen-bond acceptors (Lipinski definition) is 4. The van der Waals surface area contributed by atoms with Gasteiger partial charge in [0.1, 0.15) is 19.1 Å². The van der Waals surface area contributed by atoms with E-state index in [9.17, 15) is 14.9 Å². The minimum atomic E-state index is -0.329. The highest BCUT2D eigenvalue weighted by molar-refractivity contribution is 5.99. The van der Waals surface area contributed by atoms with Crippen LogP contribution in [-0.2, 0) is 21.5 Å². The average Bonchev–Trinajstić information content (AvgIpc) is 3.29. The second kappa shape index (κ2) is 6.59. The number of rotatable bonds is 3. The number of carbonyl (C=O) groups is 1. The zero-order valence-electron chi connectivity index (χ0n) is 19.5. The van der Waals surface area contributed by atoms with E-state index in [1.807, 2.05) is 12.1 Å². The van der Waals surface area contributed by atoms with Gasteiger partial charge >= 0.3 is 0 Å². The molecule has 0 aromatic heterocycles. The Morgan fingerprint density at radius 1 is 1.17 bits per heavy atom. The van der Waals surface area contributed by atoms with E-state index in [-0.39, 0.29) is 34.1 Å². The van der Waals surface area contributed by atoms with Crippen molar-refractivity contribution in [1.29, 1.82) is 0 Å². The smallest absolute Gasteiger partial charge is 0.269 e. The number of para-hydroxylation sites is 1. The van der Waals surface area contributed by atoms with Crippen molar-refractivity contribution in [1.82, 2.24) is 0 Å². The molecule has 0 radical (unpaired) electrons. The lowest BCUT2D eigenvalue weighted by Crippen LogP contribution is -2.72. The molecule has 0 unspecified atom stereocenters. The lowest BCUT2D eigenvalue weighted by Gasteiger charge is -2.60. The van der Waals surface area contributed by atoms with Crippen LogP contribution in [0.3, 0.4) is 0 Å². The Morgan fingerprint density at radius 2 is 2.00 bits per heavy atom. The van der Waals surface area contributed by atoms with Crippen LogP contribution in [0.15, 0.2) is 60.2 Å². The van der Waals surface area contributed by atoms with Crippen LogP contribution < -0.4 is 4.90 Å². The SMILES string of the molecule is O=C1C[C@@H]2OCC=C3C[N@+]4(Cc5ccc([N+](=O)[O-])cc5)CC[C@]56c7ccccc7N1[C@H]5[C@H]2[C@H]3C[C@H]64. The molecule has 1 amide bonds. The van der Waals surface area contributed by atoms with Crippen LogP contribution in [0.4, 0.5) is 11.4 Å². The molecule has 5 aliphatic heterocycles. The van der Waals surface area contributed by atoms with E-state index in [1.54, 1.807) is 12.1 Å². The number of nitro groups is 1. The van der Waals surface area contributed by atoms with Gasteiger partial charge in [0.2, 0.25) is 5.91 Å². The first-order valence-electron chi connectivity index (χ1n) is 12.8. The molecule has 0 N–H and O–H groups in total. The molecule has 1 saturated carbocycles. The number of hydrogen-bond donors (Lipinski definition) is 0. The predicted octanol–water partition coefficient (Wildman–Crippen LogP) is 3.72. The summed E-state index contributed by atoms with van der Waals surface area (Å²) in [6.45, 7) is 3.54. The lowest BCUT2D eigenvalue weighted by molar-refractivity contribution is -0.955. The van der Waals surface area contributed by atoms with Gasteiger partial charge in [-0.3, -0.25) is 14.9 Å². The maximum atomic E-state index is 13.6. The summed E-state index contributed by atoms with van der Waals surface area (Å²) >= 11 is 0. The highest BCUT2D eigenvalue weighted by Crippen LogP contribution is 2.67. The molecule has 2 aromatic carbocycles. The fourth-order valence-electron chi connectivity index (χ4n) is 9.29. The molecule has 7 heteroatoms. The number of nitro benzene ring substituents is 1. The van der Waals surface area contributed by atoms with Crippen molar-refractivity contribution in [3.8, 4) is 0 Å². The molecule has 8 rings (SSSR count). The number of anilines is 1. The number of ether oxygens (including phenoxy) is 1. The molecule has 4 fully saturated rings. The monoisotopic (exact) mass is 470 g/mol. The summed E-state index contributed by atoms with van der Waals surface area (Å²) in [6, 6.07) is 16.4. The van der Waals surface area contributed by atoms with Gasteiger partial charge in [-0.25, -0.2) is 0 Å². The van der Waals surface area contributed by atoms with Gasteiger partial charge < -0.3 is 14.1 Å². The summed E-state index contributed by atoms with van der Waals surface area (Å²) in [4.78, 5) is 26.6. The standard InChI is InChI=1S/C28H28N3O4/c32-25-14-23-26-20-13-24-28(21-3-1-2-4-22(21)29(25)27(26)28)10-11-31(24,16-18(20)9-12-35-23)15-17-5-7-19(8-6-17)30(33)34/h1-9,20,23-24,26-27H,10-16H2/q+1/t20-,23-,24+,26-,27-,28+,31+/m0/s1. The summed E-state index contributed by atoms with van der Waals surface area (Å²) in [5, 5.41) is 11.2. The van der Waals surface area contributed by atoms with Gasteiger partial charge in [0, 0.05) is 42.1 Å². The molecular formula is C28H28N3O4+. The highest BCUT2D eigenvalue weighted by atomic mass is 16.6. The number of non-ortho nitro benzene ring substituents is 1. The van der Waals surface area contributed by atoms with Crippen LogP contribution in [0.1, 0.15) is 30.4 Å². The van der Waals surface area contributed by atoms with Crippen LogP contribution in [0.2, 0.25) is 0 Å². The Morgan fingerprint density at radius 3 is 2.83 bits per heavy atom. The Hall–Kier alpha value is -3.03. The first kappa shape index (κ1) is 20.2. The number of quaternary nitrogens is 1. The third-order valence-electron chi connectivity index (χ3n) is 10.4. The minimum absolute atomic E-state index is 0.00455. The van der Waals surface area contributed by atoms with Crippen LogP contribution in [0.5, 0.6) is 0 Å². The maximum absolute atomic E-state index is 13.6. The topological polar surface area (TPSA) is 72.7 Å². The molecule has 7 atom stereocenters. The molecule has 7 nitrogen and oxygen atoms in total. The fourth-order valence-corrected chi connectivity index (χ4v) is 9.29. The molecule has 178 valence electrons. The van der Waals surface area contributed by atoms with Gasteiger partial charge in [-0.15, -0.1) is 0 Å². The molecular weight excluding hydrogens is 442 g/mol.